The molecule has 0 fully saturated rings. The van der Waals surface area contributed by atoms with Crippen LogP contribution in [-0.4, -0.2) is 0 Å². The molecule has 0 saturated carbocycles. The van der Waals surface area contributed by atoms with Crippen molar-refractivity contribution in [3.8, 4) is 0 Å². The number of nitrogens with two attached hydrogens (primary N) is 1. The fourth-order valence-corrected chi connectivity index (χ4v) is 1.83. The molecular formula is C14H20F3N. The Morgan fingerprint density at radius 2 is 1.61 bits per heavy atom. The van der Waals surface area contributed by atoms with Gasteiger partial charge in [0.05, 0.1) is 5.56 Å². The lowest BCUT2D eigenvalue weighted by Crippen LogP contribution is -2.11. The standard InChI is InChI=1S/C14H20F3N/c1-10(2)4-3-5-13(18)11-6-8-12(9-7-11)14(15,16)17/h6-10,13H,3-5,18H2,1-2H3. The number of halogens is 3. The summed E-state index contributed by atoms with van der Waals surface area (Å²) in [6.07, 6.45) is -1.38. The van der Waals surface area contributed by atoms with E-state index in [-0.39, 0.29) is 6.04 Å². The summed E-state index contributed by atoms with van der Waals surface area (Å²) in [4.78, 5) is 0. The predicted molar refractivity (Wildman–Crippen MR) is 67.1 cm³/mol. The van der Waals surface area contributed by atoms with Crippen LogP contribution in [0.25, 0.3) is 0 Å². The number of alkyl halides is 3. The Morgan fingerprint density at radius 3 is 2.06 bits per heavy atom. The second-order valence-electron chi connectivity index (χ2n) is 5.05. The molecule has 0 aromatic heterocycles. The van der Waals surface area contributed by atoms with E-state index in [9.17, 15) is 13.2 Å². The quantitative estimate of drug-likeness (QED) is 0.826. The average molecular weight is 259 g/mol. The van der Waals surface area contributed by atoms with Crippen molar-refractivity contribution < 1.29 is 13.2 Å². The third kappa shape index (κ3) is 4.69. The molecule has 1 unspecified atom stereocenters. The van der Waals surface area contributed by atoms with Gasteiger partial charge in [-0.2, -0.15) is 13.2 Å². The average Bonchev–Trinajstić information content (AvgIpc) is 2.27. The Labute approximate surface area is 106 Å². The molecule has 0 radical (unpaired) electrons. The summed E-state index contributed by atoms with van der Waals surface area (Å²) in [5.74, 6) is 0.629. The molecule has 1 aromatic rings. The molecular weight excluding hydrogens is 239 g/mol. The van der Waals surface area contributed by atoms with E-state index in [0.717, 1.165) is 37.0 Å². The Balaban J connectivity index is 2.56. The van der Waals surface area contributed by atoms with E-state index in [1.165, 1.54) is 12.1 Å². The van der Waals surface area contributed by atoms with Crippen LogP contribution in [0, 0.1) is 5.92 Å². The van der Waals surface area contributed by atoms with Gasteiger partial charge in [0.15, 0.2) is 0 Å². The summed E-state index contributed by atoms with van der Waals surface area (Å²) < 4.78 is 37.1. The van der Waals surface area contributed by atoms with Gasteiger partial charge in [-0.15, -0.1) is 0 Å². The highest BCUT2D eigenvalue weighted by Crippen LogP contribution is 2.30. The SMILES string of the molecule is CC(C)CCCC(N)c1ccc(C(F)(F)F)cc1. The minimum absolute atomic E-state index is 0.175. The molecule has 0 aliphatic heterocycles. The van der Waals surface area contributed by atoms with E-state index in [0.29, 0.717) is 5.92 Å². The van der Waals surface area contributed by atoms with Crippen molar-refractivity contribution in [3.63, 3.8) is 0 Å². The minimum atomic E-state index is -4.28. The highest BCUT2D eigenvalue weighted by atomic mass is 19.4. The smallest absolute Gasteiger partial charge is 0.324 e. The molecule has 0 amide bonds. The van der Waals surface area contributed by atoms with Crippen molar-refractivity contribution in [1.29, 1.82) is 0 Å². The maximum absolute atomic E-state index is 12.4. The highest BCUT2D eigenvalue weighted by Gasteiger charge is 2.30. The summed E-state index contributed by atoms with van der Waals surface area (Å²) in [7, 11) is 0. The van der Waals surface area contributed by atoms with Gasteiger partial charge in [0.2, 0.25) is 0 Å². The second kappa shape index (κ2) is 6.23. The van der Waals surface area contributed by atoms with Crippen LogP contribution in [0.1, 0.15) is 50.3 Å². The molecule has 18 heavy (non-hydrogen) atoms. The first-order valence-electron chi connectivity index (χ1n) is 6.23. The first-order chi connectivity index (χ1) is 8.30. The largest absolute Gasteiger partial charge is 0.416 e. The summed E-state index contributed by atoms with van der Waals surface area (Å²) in [5, 5.41) is 0. The molecule has 0 spiro atoms. The zero-order valence-electron chi connectivity index (χ0n) is 10.8. The molecule has 1 aromatic carbocycles. The molecule has 1 atom stereocenters. The molecule has 0 bridgehead atoms. The van der Waals surface area contributed by atoms with E-state index in [2.05, 4.69) is 13.8 Å². The van der Waals surface area contributed by atoms with E-state index < -0.39 is 11.7 Å². The minimum Gasteiger partial charge on any atom is -0.324 e. The lowest BCUT2D eigenvalue weighted by Gasteiger charge is -2.14. The van der Waals surface area contributed by atoms with Crippen molar-refractivity contribution >= 4 is 0 Å². The fourth-order valence-electron chi connectivity index (χ4n) is 1.83. The van der Waals surface area contributed by atoms with Crippen LogP contribution in [-0.2, 0) is 6.18 Å². The van der Waals surface area contributed by atoms with Gasteiger partial charge < -0.3 is 5.73 Å². The second-order valence-corrected chi connectivity index (χ2v) is 5.05. The Morgan fingerprint density at radius 1 is 1.06 bits per heavy atom. The number of benzene rings is 1. The van der Waals surface area contributed by atoms with Crippen LogP contribution in [0.15, 0.2) is 24.3 Å². The van der Waals surface area contributed by atoms with Crippen LogP contribution in [0.2, 0.25) is 0 Å². The molecule has 0 heterocycles. The number of hydrogen-bond donors (Lipinski definition) is 1. The molecule has 4 heteroatoms. The van der Waals surface area contributed by atoms with Gasteiger partial charge in [0.25, 0.3) is 0 Å². The first-order valence-corrected chi connectivity index (χ1v) is 6.23. The van der Waals surface area contributed by atoms with Crippen molar-refractivity contribution in [2.45, 2.75) is 45.3 Å². The monoisotopic (exact) mass is 259 g/mol. The number of rotatable bonds is 5. The molecule has 1 nitrogen and oxygen atoms in total. The van der Waals surface area contributed by atoms with Crippen molar-refractivity contribution in [2.24, 2.45) is 11.7 Å². The van der Waals surface area contributed by atoms with E-state index >= 15 is 0 Å². The molecule has 0 aliphatic rings. The van der Waals surface area contributed by atoms with Gasteiger partial charge in [0, 0.05) is 6.04 Å². The van der Waals surface area contributed by atoms with E-state index in [1.807, 2.05) is 0 Å². The topological polar surface area (TPSA) is 26.0 Å². The third-order valence-corrected chi connectivity index (χ3v) is 2.96. The van der Waals surface area contributed by atoms with Crippen LogP contribution in [0.3, 0.4) is 0 Å². The van der Waals surface area contributed by atoms with Gasteiger partial charge in [-0.25, -0.2) is 0 Å². The van der Waals surface area contributed by atoms with Crippen LogP contribution < -0.4 is 5.73 Å². The summed E-state index contributed by atoms with van der Waals surface area (Å²) >= 11 is 0. The van der Waals surface area contributed by atoms with Gasteiger partial charge in [-0.3, -0.25) is 0 Å². The fraction of sp³-hybridized carbons (Fsp3) is 0.571. The summed E-state index contributed by atoms with van der Waals surface area (Å²) in [6, 6.07) is 4.96. The first kappa shape index (κ1) is 15.0. The molecule has 0 saturated heterocycles. The number of hydrogen-bond acceptors (Lipinski definition) is 1. The highest BCUT2D eigenvalue weighted by molar-refractivity contribution is 5.26. The van der Waals surface area contributed by atoms with Crippen molar-refractivity contribution in [3.05, 3.63) is 35.4 Å². The predicted octanol–water partition coefficient (Wildman–Crippen LogP) is 4.53. The van der Waals surface area contributed by atoms with Gasteiger partial charge in [0.1, 0.15) is 0 Å². The van der Waals surface area contributed by atoms with Gasteiger partial charge in [-0.1, -0.05) is 38.8 Å². The molecule has 0 aliphatic carbocycles. The van der Waals surface area contributed by atoms with E-state index in [4.69, 9.17) is 5.73 Å². The molecule has 1 rings (SSSR count). The third-order valence-electron chi connectivity index (χ3n) is 2.96. The van der Waals surface area contributed by atoms with Crippen LogP contribution in [0.4, 0.5) is 13.2 Å². The van der Waals surface area contributed by atoms with Crippen LogP contribution in [0.5, 0.6) is 0 Å². The Hall–Kier alpha value is -1.03. The van der Waals surface area contributed by atoms with Gasteiger partial charge in [-0.05, 0) is 30.0 Å². The zero-order chi connectivity index (χ0) is 13.8. The Bertz CT molecular complexity index is 354. The summed E-state index contributed by atoms with van der Waals surface area (Å²) in [5.41, 5.74) is 6.10. The van der Waals surface area contributed by atoms with Crippen LogP contribution >= 0.6 is 0 Å². The van der Waals surface area contributed by atoms with Crippen molar-refractivity contribution in [2.75, 3.05) is 0 Å². The van der Waals surface area contributed by atoms with Gasteiger partial charge >= 0.3 is 6.18 Å². The zero-order valence-corrected chi connectivity index (χ0v) is 10.8. The maximum atomic E-state index is 12.4. The van der Waals surface area contributed by atoms with E-state index in [1.54, 1.807) is 0 Å². The summed E-state index contributed by atoms with van der Waals surface area (Å²) in [6.45, 7) is 4.29. The Kier molecular flexibility index (Phi) is 5.20. The van der Waals surface area contributed by atoms with Crippen molar-refractivity contribution in [1.82, 2.24) is 0 Å². The maximum Gasteiger partial charge on any atom is 0.416 e. The molecule has 102 valence electrons. The molecule has 2 N–H and O–H groups in total. The normalized spacial score (nSPS) is 13.9. The lowest BCUT2D eigenvalue weighted by atomic mass is 9.98. The lowest BCUT2D eigenvalue weighted by molar-refractivity contribution is -0.137.